The smallest absolute Gasteiger partial charge is 0.307 e. The summed E-state index contributed by atoms with van der Waals surface area (Å²) >= 11 is 0. The zero-order valence-electron chi connectivity index (χ0n) is 9.32. The number of aryl methyl sites for hydroxylation is 1. The van der Waals surface area contributed by atoms with Gasteiger partial charge in [-0.15, -0.1) is 0 Å². The lowest BCUT2D eigenvalue weighted by atomic mass is 10.0. The first-order chi connectivity index (χ1) is 6.94. The van der Waals surface area contributed by atoms with Gasteiger partial charge in [-0.3, -0.25) is 4.79 Å². The molecule has 2 atom stereocenters. The summed E-state index contributed by atoms with van der Waals surface area (Å²) < 4.78 is 0. The van der Waals surface area contributed by atoms with E-state index < -0.39 is 5.97 Å². The molecule has 0 amide bonds. The van der Waals surface area contributed by atoms with Crippen molar-refractivity contribution >= 4 is 5.97 Å². The number of hydrogen-bond donors (Lipinski definition) is 1. The third kappa shape index (κ3) is 1.54. The molecule has 0 aliphatic heterocycles. The van der Waals surface area contributed by atoms with Gasteiger partial charge in [-0.2, -0.15) is 0 Å². The summed E-state index contributed by atoms with van der Waals surface area (Å²) in [7, 11) is 0. The number of carboxylic acid groups (broad SMARTS) is 1. The summed E-state index contributed by atoms with van der Waals surface area (Å²) in [4.78, 5) is 11.0. The van der Waals surface area contributed by atoms with Crippen LogP contribution in [0.3, 0.4) is 0 Å². The van der Waals surface area contributed by atoms with Gasteiger partial charge in [0, 0.05) is 5.92 Å². The number of carbonyl (C=O) groups is 1. The molecule has 1 aliphatic rings. The minimum absolute atomic E-state index is 0.0961. The van der Waals surface area contributed by atoms with Crippen LogP contribution in [0, 0.1) is 18.3 Å². The molecule has 0 saturated heterocycles. The van der Waals surface area contributed by atoms with Crippen LogP contribution in [0.25, 0.3) is 0 Å². The molecule has 0 aromatic heterocycles. The molecule has 1 saturated carbocycles. The van der Waals surface area contributed by atoms with E-state index in [1.54, 1.807) is 0 Å². The lowest BCUT2D eigenvalue weighted by Crippen LogP contribution is -2.03. The number of aliphatic carboxylic acids is 1. The van der Waals surface area contributed by atoms with Crippen LogP contribution in [0.15, 0.2) is 24.3 Å². The van der Waals surface area contributed by atoms with Crippen LogP contribution in [0.2, 0.25) is 0 Å². The van der Waals surface area contributed by atoms with Gasteiger partial charge in [0.05, 0.1) is 5.92 Å². The summed E-state index contributed by atoms with van der Waals surface area (Å²) in [5.74, 6) is -0.721. The molecular weight excluding hydrogens is 188 g/mol. The Kier molecular flexibility index (Phi) is 2.10. The highest BCUT2D eigenvalue weighted by atomic mass is 16.4. The molecule has 2 nitrogen and oxygen atoms in total. The molecule has 1 N–H and O–H groups in total. The minimum Gasteiger partial charge on any atom is -0.481 e. The van der Waals surface area contributed by atoms with E-state index in [0.29, 0.717) is 0 Å². The average Bonchev–Trinajstić information content (AvgIpc) is 2.70. The van der Waals surface area contributed by atoms with Crippen molar-refractivity contribution in [2.45, 2.75) is 26.7 Å². The minimum atomic E-state index is -0.675. The van der Waals surface area contributed by atoms with Crippen molar-refractivity contribution in [3.05, 3.63) is 35.4 Å². The standard InChI is InChI=1S/C13H16O2/c1-8-4-6-9(7-5-8)10-11(12(14)15)13(10,2)3/h4-7,10-11H,1-3H3,(H,14,15)/t10-,11+/m0/s1. The third-order valence-corrected chi connectivity index (χ3v) is 3.53. The second kappa shape index (κ2) is 3.09. The molecule has 1 aromatic rings. The molecular formula is C13H16O2. The molecule has 0 heterocycles. The molecule has 0 unspecified atom stereocenters. The molecule has 1 aromatic carbocycles. The predicted octanol–water partition coefficient (Wildman–Crippen LogP) is 2.82. The average molecular weight is 204 g/mol. The quantitative estimate of drug-likeness (QED) is 0.804. The van der Waals surface area contributed by atoms with Gasteiger partial charge in [0.2, 0.25) is 0 Å². The van der Waals surface area contributed by atoms with Crippen LogP contribution in [-0.2, 0) is 4.79 Å². The third-order valence-electron chi connectivity index (χ3n) is 3.53. The SMILES string of the molecule is Cc1ccc([C@H]2[C@H](C(=O)O)C2(C)C)cc1. The Hall–Kier alpha value is -1.31. The van der Waals surface area contributed by atoms with Crippen LogP contribution in [0.1, 0.15) is 30.9 Å². The molecule has 80 valence electrons. The summed E-state index contributed by atoms with van der Waals surface area (Å²) in [5.41, 5.74) is 2.27. The predicted molar refractivity (Wildman–Crippen MR) is 58.8 cm³/mol. The summed E-state index contributed by atoms with van der Waals surface area (Å²) in [6, 6.07) is 8.18. The molecule has 2 heteroatoms. The molecule has 15 heavy (non-hydrogen) atoms. The Morgan fingerprint density at radius 1 is 1.27 bits per heavy atom. The second-order valence-electron chi connectivity index (χ2n) is 5.03. The van der Waals surface area contributed by atoms with Crippen LogP contribution in [0.5, 0.6) is 0 Å². The van der Waals surface area contributed by atoms with Crippen LogP contribution < -0.4 is 0 Å². The fourth-order valence-corrected chi connectivity index (χ4v) is 2.49. The Labute approximate surface area is 89.9 Å². The van der Waals surface area contributed by atoms with Crippen molar-refractivity contribution in [3.8, 4) is 0 Å². The first-order valence-corrected chi connectivity index (χ1v) is 5.24. The summed E-state index contributed by atoms with van der Waals surface area (Å²) in [6.07, 6.45) is 0. The van der Waals surface area contributed by atoms with Gasteiger partial charge in [-0.1, -0.05) is 43.7 Å². The zero-order valence-corrected chi connectivity index (χ0v) is 9.32. The summed E-state index contributed by atoms with van der Waals surface area (Å²) in [6.45, 7) is 6.09. The first kappa shape index (κ1) is 10.2. The molecule has 0 radical (unpaired) electrons. The van der Waals surface area contributed by atoms with E-state index in [4.69, 9.17) is 5.11 Å². The fourth-order valence-electron chi connectivity index (χ4n) is 2.49. The lowest BCUT2D eigenvalue weighted by molar-refractivity contribution is -0.139. The summed E-state index contributed by atoms with van der Waals surface area (Å²) in [5, 5.41) is 9.08. The molecule has 2 rings (SSSR count). The highest BCUT2D eigenvalue weighted by molar-refractivity contribution is 5.77. The van der Waals surface area contributed by atoms with Crippen molar-refractivity contribution in [1.82, 2.24) is 0 Å². The van der Waals surface area contributed by atoms with E-state index in [-0.39, 0.29) is 17.3 Å². The van der Waals surface area contributed by atoms with E-state index in [9.17, 15) is 4.79 Å². The van der Waals surface area contributed by atoms with Crippen LogP contribution in [0.4, 0.5) is 0 Å². The highest BCUT2D eigenvalue weighted by Gasteiger charge is 2.62. The maximum absolute atomic E-state index is 11.0. The number of rotatable bonds is 2. The fraction of sp³-hybridized carbons (Fsp3) is 0.462. The molecule has 1 fully saturated rings. The number of benzene rings is 1. The van der Waals surface area contributed by atoms with Crippen LogP contribution in [-0.4, -0.2) is 11.1 Å². The van der Waals surface area contributed by atoms with E-state index in [1.807, 2.05) is 45.0 Å². The van der Waals surface area contributed by atoms with Crippen molar-refractivity contribution in [3.63, 3.8) is 0 Å². The van der Waals surface area contributed by atoms with Gasteiger partial charge in [0.25, 0.3) is 0 Å². The number of carboxylic acids is 1. The molecule has 0 spiro atoms. The van der Waals surface area contributed by atoms with E-state index >= 15 is 0 Å². The maximum atomic E-state index is 11.0. The lowest BCUT2D eigenvalue weighted by Gasteiger charge is -2.02. The molecule has 1 aliphatic carbocycles. The highest BCUT2D eigenvalue weighted by Crippen LogP contribution is 2.64. The van der Waals surface area contributed by atoms with Crippen molar-refractivity contribution in [1.29, 1.82) is 0 Å². The van der Waals surface area contributed by atoms with Crippen LogP contribution >= 0.6 is 0 Å². The first-order valence-electron chi connectivity index (χ1n) is 5.24. The van der Waals surface area contributed by atoms with Crippen molar-refractivity contribution in [2.75, 3.05) is 0 Å². The Morgan fingerprint density at radius 2 is 1.80 bits per heavy atom. The largest absolute Gasteiger partial charge is 0.481 e. The van der Waals surface area contributed by atoms with Gasteiger partial charge in [0.1, 0.15) is 0 Å². The van der Waals surface area contributed by atoms with Gasteiger partial charge >= 0.3 is 5.97 Å². The molecule has 0 bridgehead atoms. The van der Waals surface area contributed by atoms with E-state index in [1.165, 1.54) is 5.56 Å². The van der Waals surface area contributed by atoms with E-state index in [0.717, 1.165) is 5.56 Å². The Balaban J connectivity index is 2.27. The Bertz CT molecular complexity index is 390. The van der Waals surface area contributed by atoms with Gasteiger partial charge in [-0.05, 0) is 17.9 Å². The van der Waals surface area contributed by atoms with Crippen molar-refractivity contribution < 1.29 is 9.90 Å². The normalized spacial score (nSPS) is 27.4. The zero-order chi connectivity index (χ0) is 11.2. The van der Waals surface area contributed by atoms with Gasteiger partial charge < -0.3 is 5.11 Å². The van der Waals surface area contributed by atoms with Gasteiger partial charge in [-0.25, -0.2) is 0 Å². The number of hydrogen-bond acceptors (Lipinski definition) is 1. The second-order valence-corrected chi connectivity index (χ2v) is 5.03. The monoisotopic (exact) mass is 204 g/mol. The van der Waals surface area contributed by atoms with Gasteiger partial charge in [0.15, 0.2) is 0 Å². The Morgan fingerprint density at radius 3 is 2.20 bits per heavy atom. The maximum Gasteiger partial charge on any atom is 0.307 e. The topological polar surface area (TPSA) is 37.3 Å². The van der Waals surface area contributed by atoms with Crippen molar-refractivity contribution in [2.24, 2.45) is 11.3 Å². The van der Waals surface area contributed by atoms with E-state index in [2.05, 4.69) is 0 Å².